The molecule has 3 aromatic rings. The van der Waals surface area contributed by atoms with Crippen molar-refractivity contribution < 1.29 is 13.9 Å². The largest absolute Gasteiger partial charge is 0.440 e. The zero-order chi connectivity index (χ0) is 23.8. The van der Waals surface area contributed by atoms with Crippen molar-refractivity contribution in [1.82, 2.24) is 30.0 Å². The SMILES string of the molecule is Cc1ncnc(Nc2n[nH]c3c2CN(C(=O)O[C@H](CN(C)C)c2ccccc2)C3(C)C)c1F.S. The fraction of sp³-hybridized carbons (Fsp3) is 0.391. The van der Waals surface area contributed by atoms with Crippen LogP contribution in [-0.2, 0) is 16.8 Å². The van der Waals surface area contributed by atoms with E-state index in [0.717, 1.165) is 16.8 Å². The van der Waals surface area contributed by atoms with Crippen LogP contribution in [0.1, 0.15) is 42.5 Å². The highest BCUT2D eigenvalue weighted by Crippen LogP contribution is 2.42. The Morgan fingerprint density at radius 1 is 1.26 bits per heavy atom. The molecular weight excluding hydrogens is 457 g/mol. The number of nitrogens with one attached hydrogen (secondary N) is 2. The van der Waals surface area contributed by atoms with Crippen molar-refractivity contribution in [2.45, 2.75) is 39.0 Å². The summed E-state index contributed by atoms with van der Waals surface area (Å²) in [4.78, 5) is 24.8. The highest BCUT2D eigenvalue weighted by Gasteiger charge is 2.45. The van der Waals surface area contributed by atoms with Crippen LogP contribution in [0.15, 0.2) is 36.7 Å². The first-order valence-corrected chi connectivity index (χ1v) is 10.7. The molecule has 0 spiro atoms. The van der Waals surface area contributed by atoms with Crippen molar-refractivity contribution in [3.8, 4) is 0 Å². The molecule has 1 aliphatic heterocycles. The number of halogens is 1. The summed E-state index contributed by atoms with van der Waals surface area (Å²) in [6.45, 7) is 6.21. The summed E-state index contributed by atoms with van der Waals surface area (Å²) in [5.41, 5.74) is 1.99. The summed E-state index contributed by atoms with van der Waals surface area (Å²) >= 11 is 0. The zero-order valence-electron chi connectivity index (χ0n) is 19.9. The maximum absolute atomic E-state index is 14.4. The third-order valence-electron chi connectivity index (χ3n) is 5.84. The van der Waals surface area contributed by atoms with Crippen LogP contribution in [-0.4, -0.2) is 56.7 Å². The van der Waals surface area contributed by atoms with Crippen molar-refractivity contribution in [2.24, 2.45) is 0 Å². The molecule has 3 heterocycles. The normalized spacial score (nSPS) is 15.0. The van der Waals surface area contributed by atoms with E-state index in [4.69, 9.17) is 4.74 Å². The second-order valence-electron chi connectivity index (χ2n) is 8.86. The molecular formula is C23H30FN7O2S. The molecule has 0 saturated carbocycles. The summed E-state index contributed by atoms with van der Waals surface area (Å²) in [5.74, 6) is -0.0961. The van der Waals surface area contributed by atoms with Crippen molar-refractivity contribution in [3.05, 3.63) is 65.0 Å². The molecule has 0 unspecified atom stereocenters. The van der Waals surface area contributed by atoms with Gasteiger partial charge in [0.25, 0.3) is 0 Å². The van der Waals surface area contributed by atoms with Crippen molar-refractivity contribution in [3.63, 3.8) is 0 Å². The number of carbonyl (C=O) groups is 1. The van der Waals surface area contributed by atoms with Gasteiger partial charge in [-0.1, -0.05) is 30.3 Å². The molecule has 0 aliphatic carbocycles. The number of nitrogens with zero attached hydrogens (tertiary/aromatic N) is 5. The van der Waals surface area contributed by atoms with Gasteiger partial charge in [-0.15, -0.1) is 0 Å². The van der Waals surface area contributed by atoms with Crippen LogP contribution in [0.2, 0.25) is 0 Å². The van der Waals surface area contributed by atoms with Gasteiger partial charge < -0.3 is 15.0 Å². The van der Waals surface area contributed by atoms with E-state index in [-0.39, 0.29) is 31.6 Å². The average molecular weight is 488 g/mol. The van der Waals surface area contributed by atoms with E-state index in [2.05, 4.69) is 25.5 Å². The third kappa shape index (κ3) is 4.85. The van der Waals surface area contributed by atoms with Crippen LogP contribution in [0.25, 0.3) is 0 Å². The number of aromatic nitrogens is 4. The summed E-state index contributed by atoms with van der Waals surface area (Å²) in [6, 6.07) is 9.67. The smallest absolute Gasteiger partial charge is 0.411 e. The first kappa shape index (κ1) is 25.4. The van der Waals surface area contributed by atoms with Crippen LogP contribution in [0.4, 0.5) is 20.8 Å². The van der Waals surface area contributed by atoms with Crippen LogP contribution in [0, 0.1) is 12.7 Å². The summed E-state index contributed by atoms with van der Waals surface area (Å²) in [7, 11) is 3.87. The lowest BCUT2D eigenvalue weighted by molar-refractivity contribution is 0.0259. The molecule has 0 fully saturated rings. The van der Waals surface area contributed by atoms with Crippen LogP contribution in [0.5, 0.6) is 0 Å². The summed E-state index contributed by atoms with van der Waals surface area (Å²) in [5, 5.41) is 10.2. The standard InChI is InChI=1S/C23H28FN7O2.H2S/c1-14-18(24)21(26-13-25-14)27-20-16-11-31(23(2,3)19(16)28-29-20)22(32)33-17(12-30(4)5)15-9-7-6-8-10-15;/h6-10,13,17H,11-12H2,1-5H3,(H2,25,26,27,28,29);1H2/t17-;/m1./s1. The molecule has 182 valence electrons. The zero-order valence-corrected chi connectivity index (χ0v) is 20.9. The first-order valence-electron chi connectivity index (χ1n) is 10.7. The van der Waals surface area contributed by atoms with Crippen molar-refractivity contribution in [1.29, 1.82) is 0 Å². The predicted molar refractivity (Wildman–Crippen MR) is 132 cm³/mol. The molecule has 4 rings (SSSR count). The number of H-pyrrole nitrogens is 1. The quantitative estimate of drug-likeness (QED) is 0.542. The van der Waals surface area contributed by atoms with E-state index in [0.29, 0.717) is 12.4 Å². The monoisotopic (exact) mass is 487 g/mol. The number of aryl methyl sites for hydroxylation is 1. The van der Waals surface area contributed by atoms with Gasteiger partial charge in [-0.25, -0.2) is 19.2 Å². The number of amides is 1. The Bertz CT molecular complexity index is 1150. The van der Waals surface area contributed by atoms with Crippen LogP contribution in [0.3, 0.4) is 0 Å². The molecule has 1 aromatic carbocycles. The number of rotatable bonds is 6. The molecule has 0 bridgehead atoms. The van der Waals surface area contributed by atoms with Gasteiger partial charge in [-0.05, 0) is 40.4 Å². The first-order chi connectivity index (χ1) is 15.7. The van der Waals surface area contributed by atoms with Crippen LogP contribution >= 0.6 is 13.5 Å². The van der Waals surface area contributed by atoms with Gasteiger partial charge in [-0.2, -0.15) is 18.6 Å². The molecule has 11 heteroatoms. The Kier molecular flexibility index (Phi) is 7.47. The molecule has 34 heavy (non-hydrogen) atoms. The molecule has 1 aliphatic rings. The topological polar surface area (TPSA) is 99.3 Å². The molecule has 9 nitrogen and oxygen atoms in total. The number of fused-ring (bicyclic) bond motifs is 1. The Morgan fingerprint density at radius 3 is 2.65 bits per heavy atom. The Labute approximate surface area is 205 Å². The number of ether oxygens (including phenoxy) is 1. The fourth-order valence-electron chi connectivity index (χ4n) is 3.96. The Morgan fingerprint density at radius 2 is 1.97 bits per heavy atom. The predicted octanol–water partition coefficient (Wildman–Crippen LogP) is 3.99. The van der Waals surface area contributed by atoms with Crippen LogP contribution < -0.4 is 5.32 Å². The molecule has 0 saturated heterocycles. The van der Waals surface area contributed by atoms with E-state index < -0.39 is 23.6 Å². The second kappa shape index (κ2) is 9.98. The maximum Gasteiger partial charge on any atom is 0.411 e. The van der Waals surface area contributed by atoms with E-state index in [1.807, 2.05) is 63.2 Å². The highest BCUT2D eigenvalue weighted by molar-refractivity contribution is 7.59. The van der Waals surface area contributed by atoms with E-state index in [9.17, 15) is 9.18 Å². The number of likely N-dealkylation sites (N-methyl/N-ethyl adjacent to an activating group) is 1. The number of benzene rings is 1. The molecule has 1 amide bonds. The molecule has 2 N–H and O–H groups in total. The van der Waals surface area contributed by atoms with Crippen molar-refractivity contribution in [2.75, 3.05) is 26.0 Å². The highest BCUT2D eigenvalue weighted by atomic mass is 32.1. The Hall–Kier alpha value is -3.18. The second-order valence-corrected chi connectivity index (χ2v) is 8.86. The van der Waals surface area contributed by atoms with Gasteiger partial charge in [-0.3, -0.25) is 10.00 Å². The van der Waals surface area contributed by atoms with Gasteiger partial charge in [0.1, 0.15) is 12.4 Å². The average Bonchev–Trinajstić information content (AvgIpc) is 3.29. The fourth-order valence-corrected chi connectivity index (χ4v) is 3.96. The van der Waals surface area contributed by atoms with Crippen molar-refractivity contribution >= 4 is 31.2 Å². The van der Waals surface area contributed by atoms with E-state index in [1.54, 1.807) is 11.8 Å². The lowest BCUT2D eigenvalue weighted by atomic mass is 10.0. The Balaban J connectivity index is 0.00000324. The summed E-state index contributed by atoms with van der Waals surface area (Å²) in [6.07, 6.45) is 0.433. The van der Waals surface area contributed by atoms with Gasteiger partial charge in [0.2, 0.25) is 0 Å². The molecule has 1 atom stereocenters. The van der Waals surface area contributed by atoms with Gasteiger partial charge in [0.15, 0.2) is 17.5 Å². The van der Waals surface area contributed by atoms with Gasteiger partial charge in [0, 0.05) is 12.1 Å². The minimum absolute atomic E-state index is 0. The van der Waals surface area contributed by atoms with E-state index >= 15 is 0 Å². The minimum Gasteiger partial charge on any atom is -0.440 e. The minimum atomic E-state index is -0.696. The summed E-state index contributed by atoms with van der Waals surface area (Å²) < 4.78 is 20.4. The number of aromatic amines is 1. The van der Waals surface area contributed by atoms with Gasteiger partial charge in [0.05, 0.1) is 23.5 Å². The van der Waals surface area contributed by atoms with E-state index in [1.165, 1.54) is 6.33 Å². The third-order valence-corrected chi connectivity index (χ3v) is 5.84. The lowest BCUT2D eigenvalue weighted by Gasteiger charge is -2.33. The molecule has 0 radical (unpaired) electrons. The molecule has 2 aromatic heterocycles. The maximum atomic E-state index is 14.4. The number of carbonyl (C=O) groups excluding carboxylic acids is 1. The number of hydrogen-bond donors (Lipinski definition) is 2. The number of anilines is 2. The number of hydrogen-bond acceptors (Lipinski definition) is 7. The van der Waals surface area contributed by atoms with Gasteiger partial charge >= 0.3 is 6.09 Å². The lowest BCUT2D eigenvalue weighted by Crippen LogP contribution is -2.42.